The van der Waals surface area contributed by atoms with E-state index in [1.54, 1.807) is 23.1 Å². The van der Waals surface area contributed by atoms with Crippen molar-refractivity contribution in [3.63, 3.8) is 0 Å². The number of carbonyl (C=O) groups excluding carboxylic acids is 3. The maximum atomic E-state index is 12.1. The normalized spacial score (nSPS) is 14.9. The Morgan fingerprint density at radius 1 is 1.12 bits per heavy atom. The Bertz CT molecular complexity index is 658. The fraction of sp³-hybridized carbons (Fsp3) is 0.500. The van der Waals surface area contributed by atoms with Crippen LogP contribution in [0.2, 0.25) is 0 Å². The summed E-state index contributed by atoms with van der Waals surface area (Å²) in [6.07, 6.45) is 0.328. The first-order valence-electron chi connectivity index (χ1n) is 8.15. The molecule has 0 aliphatic carbocycles. The summed E-state index contributed by atoms with van der Waals surface area (Å²) in [4.78, 5) is 38.8. The highest BCUT2D eigenvalue weighted by Crippen LogP contribution is 2.21. The Morgan fingerprint density at radius 3 is 2.28 bits per heavy atom. The van der Waals surface area contributed by atoms with E-state index >= 15 is 0 Å². The molecule has 1 aromatic carbocycles. The summed E-state index contributed by atoms with van der Waals surface area (Å²) >= 11 is 0. The Morgan fingerprint density at radius 2 is 1.76 bits per heavy atom. The molecule has 0 N–H and O–H groups in total. The van der Waals surface area contributed by atoms with E-state index < -0.39 is 11.6 Å². The van der Waals surface area contributed by atoms with E-state index in [9.17, 15) is 14.4 Å². The van der Waals surface area contributed by atoms with Gasteiger partial charge >= 0.3 is 12.1 Å². The van der Waals surface area contributed by atoms with Crippen LogP contribution in [0.3, 0.4) is 0 Å². The predicted octanol–water partition coefficient (Wildman–Crippen LogP) is 2.34. The van der Waals surface area contributed by atoms with Gasteiger partial charge in [-0.2, -0.15) is 0 Å². The minimum absolute atomic E-state index is 0.244. The topological polar surface area (TPSA) is 76.2 Å². The lowest BCUT2D eigenvalue weighted by Gasteiger charge is -2.36. The van der Waals surface area contributed by atoms with Gasteiger partial charge in [0, 0.05) is 37.4 Å². The van der Waals surface area contributed by atoms with E-state index in [4.69, 9.17) is 4.74 Å². The second kappa shape index (κ2) is 7.55. The van der Waals surface area contributed by atoms with Gasteiger partial charge in [-0.05, 0) is 39.0 Å². The second-order valence-electron chi connectivity index (χ2n) is 6.84. The van der Waals surface area contributed by atoms with Crippen molar-refractivity contribution < 1.29 is 23.9 Å². The van der Waals surface area contributed by atoms with Gasteiger partial charge in [0.2, 0.25) is 0 Å². The molecule has 0 bridgehead atoms. The maximum Gasteiger partial charge on any atom is 0.410 e. The van der Waals surface area contributed by atoms with Crippen LogP contribution >= 0.6 is 0 Å². The molecule has 1 aliphatic rings. The number of hydrogen-bond donors (Lipinski definition) is 0. The standard InChI is InChI=1S/C18H24N2O5/c1-18(2,3)25-17(23)20-9-7-19(8-10-20)14-5-6-15(16(22)24-4)13(11-14)12-21/h5-6,11-12H,7-10H2,1-4H3. The molecule has 0 atom stereocenters. The van der Waals surface area contributed by atoms with Crippen molar-refractivity contribution in [1.82, 2.24) is 4.90 Å². The first-order valence-corrected chi connectivity index (χ1v) is 8.15. The summed E-state index contributed by atoms with van der Waals surface area (Å²) in [5.41, 5.74) is 0.850. The van der Waals surface area contributed by atoms with Crippen molar-refractivity contribution in [2.24, 2.45) is 0 Å². The van der Waals surface area contributed by atoms with E-state index in [0.29, 0.717) is 38.0 Å². The van der Waals surface area contributed by atoms with Gasteiger partial charge in [0.05, 0.1) is 12.7 Å². The number of esters is 1. The largest absolute Gasteiger partial charge is 0.465 e. The molecular weight excluding hydrogens is 324 g/mol. The van der Waals surface area contributed by atoms with Crippen LogP contribution < -0.4 is 4.90 Å². The number of hydrogen-bond acceptors (Lipinski definition) is 6. The molecule has 1 saturated heterocycles. The lowest BCUT2D eigenvalue weighted by molar-refractivity contribution is 0.0240. The van der Waals surface area contributed by atoms with Crippen LogP contribution in [0.15, 0.2) is 18.2 Å². The molecule has 0 saturated carbocycles. The summed E-state index contributed by atoms with van der Waals surface area (Å²) in [5.74, 6) is -0.539. The first kappa shape index (κ1) is 18.8. The average Bonchev–Trinajstić information content (AvgIpc) is 2.59. The number of aldehydes is 1. The van der Waals surface area contributed by atoms with Crippen LogP contribution in [0, 0.1) is 0 Å². The number of methoxy groups -OCH3 is 1. The zero-order valence-electron chi connectivity index (χ0n) is 15.1. The summed E-state index contributed by atoms with van der Waals surface area (Å²) in [6, 6.07) is 5.04. The molecule has 1 heterocycles. The van der Waals surface area contributed by atoms with E-state index in [0.717, 1.165) is 5.69 Å². The van der Waals surface area contributed by atoms with Crippen LogP contribution in [-0.2, 0) is 9.47 Å². The smallest absolute Gasteiger partial charge is 0.410 e. The Labute approximate surface area is 147 Å². The van der Waals surface area contributed by atoms with E-state index in [1.165, 1.54) is 7.11 Å². The van der Waals surface area contributed by atoms with Crippen LogP contribution in [0.25, 0.3) is 0 Å². The molecule has 7 heteroatoms. The van der Waals surface area contributed by atoms with Gasteiger partial charge < -0.3 is 19.3 Å². The van der Waals surface area contributed by atoms with Gasteiger partial charge in [-0.3, -0.25) is 4.79 Å². The molecule has 136 valence electrons. The number of nitrogens with zero attached hydrogens (tertiary/aromatic N) is 2. The molecule has 1 aromatic rings. The number of anilines is 1. The fourth-order valence-corrected chi connectivity index (χ4v) is 2.61. The number of ether oxygens (including phenoxy) is 2. The summed E-state index contributed by atoms with van der Waals surface area (Å²) in [7, 11) is 1.28. The molecule has 1 aliphatic heterocycles. The van der Waals surface area contributed by atoms with Crippen LogP contribution in [-0.4, -0.2) is 62.1 Å². The molecule has 0 unspecified atom stereocenters. The second-order valence-corrected chi connectivity index (χ2v) is 6.84. The maximum absolute atomic E-state index is 12.1. The predicted molar refractivity (Wildman–Crippen MR) is 93.2 cm³/mol. The minimum Gasteiger partial charge on any atom is -0.465 e. The third-order valence-corrected chi connectivity index (χ3v) is 3.86. The molecule has 1 amide bonds. The van der Waals surface area contributed by atoms with E-state index in [1.807, 2.05) is 20.8 Å². The number of carbonyl (C=O) groups is 3. The highest BCUT2D eigenvalue weighted by atomic mass is 16.6. The van der Waals surface area contributed by atoms with E-state index in [2.05, 4.69) is 9.64 Å². The van der Waals surface area contributed by atoms with Crippen molar-refractivity contribution >= 4 is 24.0 Å². The van der Waals surface area contributed by atoms with Gasteiger partial charge in [-0.1, -0.05) is 0 Å². The SMILES string of the molecule is COC(=O)c1ccc(N2CCN(C(=O)OC(C)(C)C)CC2)cc1C=O. The molecular formula is C18H24N2O5. The van der Waals surface area contributed by atoms with Crippen molar-refractivity contribution in [3.05, 3.63) is 29.3 Å². The van der Waals surface area contributed by atoms with Gasteiger partial charge in [-0.15, -0.1) is 0 Å². The average molecular weight is 348 g/mol. The Hall–Kier alpha value is -2.57. The van der Waals surface area contributed by atoms with Crippen molar-refractivity contribution in [1.29, 1.82) is 0 Å². The first-order chi connectivity index (χ1) is 11.7. The molecule has 25 heavy (non-hydrogen) atoms. The molecule has 0 aromatic heterocycles. The Balaban J connectivity index is 2.04. The molecule has 0 spiro atoms. The molecule has 1 fully saturated rings. The van der Waals surface area contributed by atoms with Crippen LogP contribution in [0.1, 0.15) is 41.5 Å². The zero-order chi connectivity index (χ0) is 18.6. The third kappa shape index (κ3) is 4.71. The summed E-state index contributed by atoms with van der Waals surface area (Å²) in [6.45, 7) is 7.82. The van der Waals surface area contributed by atoms with Gasteiger partial charge in [0.1, 0.15) is 5.60 Å². The van der Waals surface area contributed by atoms with Gasteiger partial charge in [0.15, 0.2) is 6.29 Å². The lowest BCUT2D eigenvalue weighted by Crippen LogP contribution is -2.50. The van der Waals surface area contributed by atoms with Gasteiger partial charge in [-0.25, -0.2) is 9.59 Å². The van der Waals surface area contributed by atoms with Crippen LogP contribution in [0.5, 0.6) is 0 Å². The summed E-state index contributed by atoms with van der Waals surface area (Å²) in [5, 5.41) is 0. The highest BCUT2D eigenvalue weighted by molar-refractivity contribution is 5.99. The van der Waals surface area contributed by atoms with E-state index in [-0.39, 0.29) is 11.7 Å². The minimum atomic E-state index is -0.539. The van der Waals surface area contributed by atoms with Crippen molar-refractivity contribution in [3.8, 4) is 0 Å². The number of rotatable bonds is 3. The van der Waals surface area contributed by atoms with Gasteiger partial charge in [0.25, 0.3) is 0 Å². The lowest BCUT2D eigenvalue weighted by atomic mass is 10.1. The Kier molecular flexibility index (Phi) is 5.66. The van der Waals surface area contributed by atoms with Crippen molar-refractivity contribution in [2.75, 3.05) is 38.2 Å². The number of amides is 1. The highest BCUT2D eigenvalue weighted by Gasteiger charge is 2.26. The monoisotopic (exact) mass is 348 g/mol. The number of benzene rings is 1. The summed E-state index contributed by atoms with van der Waals surface area (Å²) < 4.78 is 10.1. The number of piperazine rings is 1. The zero-order valence-corrected chi connectivity index (χ0v) is 15.1. The molecule has 7 nitrogen and oxygen atoms in total. The van der Waals surface area contributed by atoms with Crippen LogP contribution in [0.4, 0.5) is 10.5 Å². The fourth-order valence-electron chi connectivity index (χ4n) is 2.61. The van der Waals surface area contributed by atoms with Crippen molar-refractivity contribution in [2.45, 2.75) is 26.4 Å². The molecule has 2 rings (SSSR count). The quantitative estimate of drug-likeness (QED) is 0.616. The molecule has 0 radical (unpaired) electrons. The third-order valence-electron chi connectivity index (χ3n) is 3.86.